The predicted molar refractivity (Wildman–Crippen MR) is 134 cm³/mol. The first-order valence-electron chi connectivity index (χ1n) is 10.9. The number of hydrogen-bond donors (Lipinski definition) is 3. The number of halogens is 2. The van der Waals surface area contributed by atoms with Crippen LogP contribution in [0.1, 0.15) is 31.7 Å². The van der Waals surface area contributed by atoms with E-state index in [0.29, 0.717) is 22.8 Å². The van der Waals surface area contributed by atoms with Gasteiger partial charge in [-0.3, -0.25) is 9.93 Å². The summed E-state index contributed by atoms with van der Waals surface area (Å²) in [7, 11) is -1.92. The summed E-state index contributed by atoms with van der Waals surface area (Å²) in [6, 6.07) is 8.70. The van der Waals surface area contributed by atoms with Crippen molar-refractivity contribution in [3.63, 3.8) is 0 Å². The first-order chi connectivity index (χ1) is 16.8. The Morgan fingerprint density at radius 2 is 2.00 bits per heavy atom. The Labute approximate surface area is 207 Å². The van der Waals surface area contributed by atoms with Crippen molar-refractivity contribution in [2.24, 2.45) is 0 Å². The smallest absolute Gasteiger partial charge is 0.150 e. The average molecular weight is 516 g/mol. The van der Waals surface area contributed by atoms with Gasteiger partial charge in [-0.2, -0.15) is 0 Å². The highest BCUT2D eigenvalue weighted by molar-refractivity contribution is 7.86. The molecule has 1 fully saturated rings. The minimum absolute atomic E-state index is 0.00434. The SMILES string of the molecule is Nc1ncnc2c1c(-c1ccc(NS(=O)c3ccc(Cl)c(N([O-])O)c3)c(F)c1)cn2C1CCCC1. The van der Waals surface area contributed by atoms with Gasteiger partial charge >= 0.3 is 0 Å². The molecule has 1 unspecified atom stereocenters. The van der Waals surface area contributed by atoms with E-state index in [9.17, 15) is 9.42 Å². The summed E-state index contributed by atoms with van der Waals surface area (Å²) < 4.78 is 32.5. The Kier molecular flexibility index (Phi) is 6.32. The number of anilines is 3. The molecule has 1 saturated carbocycles. The molecule has 9 nitrogen and oxygen atoms in total. The lowest BCUT2D eigenvalue weighted by molar-refractivity contribution is 0.296. The maximum absolute atomic E-state index is 15.1. The largest absolute Gasteiger partial charge is 0.733 e. The van der Waals surface area contributed by atoms with Gasteiger partial charge in [-0.25, -0.2) is 18.6 Å². The van der Waals surface area contributed by atoms with Gasteiger partial charge in [0.25, 0.3) is 0 Å². The predicted octanol–water partition coefficient (Wildman–Crippen LogP) is 5.42. The lowest BCUT2D eigenvalue weighted by Crippen LogP contribution is -2.10. The van der Waals surface area contributed by atoms with Gasteiger partial charge in [0.1, 0.15) is 34.6 Å². The van der Waals surface area contributed by atoms with Gasteiger partial charge in [0, 0.05) is 17.8 Å². The third-order valence-corrected chi connectivity index (χ3v) is 7.58. The number of fused-ring (bicyclic) bond motifs is 1. The van der Waals surface area contributed by atoms with Crippen molar-refractivity contribution in [3.8, 4) is 11.1 Å². The summed E-state index contributed by atoms with van der Waals surface area (Å²) >= 11 is 5.85. The van der Waals surface area contributed by atoms with Gasteiger partial charge in [-0.1, -0.05) is 30.5 Å². The molecule has 4 N–H and O–H groups in total. The molecule has 1 aliphatic rings. The summed E-state index contributed by atoms with van der Waals surface area (Å²) in [6.07, 6.45) is 7.76. The molecule has 0 amide bonds. The van der Waals surface area contributed by atoms with Gasteiger partial charge in [0.2, 0.25) is 0 Å². The second-order valence-electron chi connectivity index (χ2n) is 8.30. The van der Waals surface area contributed by atoms with Gasteiger partial charge in [-0.05, 0) is 48.7 Å². The van der Waals surface area contributed by atoms with E-state index in [1.165, 1.54) is 30.6 Å². The number of benzene rings is 2. The fraction of sp³-hybridized carbons (Fsp3) is 0.217. The molecule has 1 atom stereocenters. The zero-order valence-corrected chi connectivity index (χ0v) is 19.9. The van der Waals surface area contributed by atoms with Crippen LogP contribution >= 0.6 is 11.6 Å². The third kappa shape index (κ3) is 4.43. The summed E-state index contributed by atoms with van der Waals surface area (Å²) in [4.78, 5) is 8.70. The number of hydrogen-bond acceptors (Lipinski definition) is 7. The molecule has 0 radical (unpaired) electrons. The standard InChI is InChI=1S/C23H21ClFN6O3S/c24-17-7-6-15(10-20(17)31(32)33)35(34)29-19-8-5-13(9-18(19)25)16-11-30(14-3-1-2-4-14)23-21(16)22(26)27-12-28-23/h5-12,14,29,32H,1-4H2,(H2,26,27,28)/q-1. The molecule has 4 aromatic rings. The molecular weight excluding hydrogens is 495 g/mol. The lowest BCUT2D eigenvalue weighted by atomic mass is 10.1. The number of aromatic nitrogens is 3. The van der Waals surface area contributed by atoms with Crippen LogP contribution in [0.15, 0.2) is 53.8 Å². The van der Waals surface area contributed by atoms with Crippen LogP contribution in [-0.2, 0) is 11.0 Å². The van der Waals surface area contributed by atoms with Gasteiger partial charge < -0.3 is 20.7 Å². The summed E-state index contributed by atoms with van der Waals surface area (Å²) in [5.41, 5.74) is 7.93. The van der Waals surface area contributed by atoms with Crippen molar-refractivity contribution in [3.05, 3.63) is 65.0 Å². The molecule has 2 aromatic heterocycles. The van der Waals surface area contributed by atoms with E-state index in [-0.39, 0.29) is 21.3 Å². The van der Waals surface area contributed by atoms with Crippen molar-refractivity contribution in [1.82, 2.24) is 14.5 Å². The Morgan fingerprint density at radius 3 is 2.71 bits per heavy atom. The molecule has 0 spiro atoms. The second-order valence-corrected chi connectivity index (χ2v) is 9.92. The maximum atomic E-state index is 15.1. The van der Waals surface area contributed by atoms with Crippen molar-refractivity contribution in [2.45, 2.75) is 36.6 Å². The molecule has 0 aliphatic heterocycles. The normalized spacial score (nSPS) is 15.0. The van der Waals surface area contributed by atoms with E-state index in [2.05, 4.69) is 19.3 Å². The topological polar surface area (TPSA) is 132 Å². The van der Waals surface area contributed by atoms with Crippen molar-refractivity contribution in [1.29, 1.82) is 0 Å². The minimum Gasteiger partial charge on any atom is -0.733 e. The summed E-state index contributed by atoms with van der Waals surface area (Å²) in [6.45, 7) is 0. The fourth-order valence-electron chi connectivity index (χ4n) is 4.47. The van der Waals surface area contributed by atoms with E-state index >= 15 is 4.39 Å². The van der Waals surface area contributed by atoms with Crippen LogP contribution in [0.25, 0.3) is 22.2 Å². The van der Waals surface area contributed by atoms with E-state index in [4.69, 9.17) is 22.5 Å². The van der Waals surface area contributed by atoms with Crippen LogP contribution in [0.4, 0.5) is 21.6 Å². The van der Waals surface area contributed by atoms with Crippen LogP contribution in [0.2, 0.25) is 5.02 Å². The van der Waals surface area contributed by atoms with Gasteiger partial charge in [0.15, 0.2) is 0 Å². The van der Waals surface area contributed by atoms with Crippen molar-refractivity contribution >= 4 is 50.8 Å². The van der Waals surface area contributed by atoms with Gasteiger partial charge in [-0.15, -0.1) is 0 Å². The summed E-state index contributed by atoms with van der Waals surface area (Å²) in [5.74, 6) is -0.310. The fourth-order valence-corrected chi connectivity index (χ4v) is 5.55. The lowest BCUT2D eigenvalue weighted by Gasteiger charge is -2.23. The summed E-state index contributed by atoms with van der Waals surface area (Å²) in [5, 5.41) is 20.6. The van der Waals surface area contributed by atoms with E-state index in [1.807, 2.05) is 6.20 Å². The maximum Gasteiger partial charge on any atom is 0.150 e. The van der Waals surface area contributed by atoms with Crippen LogP contribution in [0.3, 0.4) is 0 Å². The van der Waals surface area contributed by atoms with E-state index < -0.39 is 22.0 Å². The third-order valence-electron chi connectivity index (χ3n) is 6.18. The molecule has 2 aromatic carbocycles. The molecular formula is C23H21ClFN6O3S-. The Balaban J connectivity index is 1.47. The van der Waals surface area contributed by atoms with Gasteiger partial charge in [0.05, 0.1) is 26.7 Å². The highest BCUT2D eigenvalue weighted by Crippen LogP contribution is 2.39. The van der Waals surface area contributed by atoms with E-state index in [1.54, 1.807) is 6.07 Å². The first kappa shape index (κ1) is 23.5. The molecule has 12 heteroatoms. The second kappa shape index (κ2) is 9.42. The monoisotopic (exact) mass is 515 g/mol. The quantitative estimate of drug-likeness (QED) is 0.292. The molecule has 0 saturated heterocycles. The minimum atomic E-state index is -1.92. The van der Waals surface area contributed by atoms with Crippen LogP contribution in [0, 0.1) is 11.0 Å². The zero-order valence-electron chi connectivity index (χ0n) is 18.3. The van der Waals surface area contributed by atoms with Crippen molar-refractivity contribution in [2.75, 3.05) is 15.7 Å². The average Bonchev–Trinajstić information content (AvgIpc) is 3.49. The van der Waals surface area contributed by atoms with Crippen molar-refractivity contribution < 1.29 is 13.8 Å². The highest BCUT2D eigenvalue weighted by atomic mass is 35.5. The first-order valence-corrected chi connectivity index (χ1v) is 12.4. The number of rotatable bonds is 6. The number of nitrogen functional groups attached to an aromatic ring is 1. The zero-order chi connectivity index (χ0) is 24.7. The molecule has 0 bridgehead atoms. The number of nitrogens with two attached hydrogens (primary N) is 1. The molecule has 35 heavy (non-hydrogen) atoms. The molecule has 2 heterocycles. The number of nitrogens with one attached hydrogen (secondary N) is 1. The van der Waals surface area contributed by atoms with E-state index in [0.717, 1.165) is 43.0 Å². The Hall–Kier alpha value is -3.25. The molecule has 5 rings (SSSR count). The van der Waals surface area contributed by atoms with Crippen LogP contribution in [-0.4, -0.2) is 24.0 Å². The highest BCUT2D eigenvalue weighted by Gasteiger charge is 2.23. The number of nitrogens with zero attached hydrogens (tertiary/aromatic N) is 4. The Morgan fingerprint density at radius 1 is 1.23 bits per heavy atom. The van der Waals surface area contributed by atoms with Crippen LogP contribution < -0.4 is 15.7 Å². The Bertz CT molecular complexity index is 1440. The van der Waals surface area contributed by atoms with Crippen LogP contribution in [0.5, 0.6) is 0 Å². The molecule has 1 aliphatic carbocycles. The molecule has 182 valence electrons.